The number of rotatable bonds is 6. The number of anilines is 3. The molecule has 6 nitrogen and oxygen atoms in total. The summed E-state index contributed by atoms with van der Waals surface area (Å²) >= 11 is 6.15. The summed E-state index contributed by atoms with van der Waals surface area (Å²) in [7, 11) is 0. The standard InChI is InChI=1S/C17H16ClN5O/c18-16-15(19-11-10-12-6-8-14(24)9-7-12)17(22-23-21-16)20-13-4-2-1-3-5-13/h1-9,24H,10-11H2,(H,19,23)(H,20,21,22). The van der Waals surface area contributed by atoms with E-state index >= 15 is 0 Å². The Morgan fingerprint density at radius 2 is 1.71 bits per heavy atom. The van der Waals surface area contributed by atoms with Crippen LogP contribution in [0.15, 0.2) is 54.6 Å². The highest BCUT2D eigenvalue weighted by atomic mass is 35.5. The third-order valence-electron chi connectivity index (χ3n) is 3.41. The second kappa shape index (κ2) is 7.61. The molecule has 0 saturated carbocycles. The van der Waals surface area contributed by atoms with Crippen molar-refractivity contribution in [2.75, 3.05) is 17.2 Å². The van der Waals surface area contributed by atoms with Gasteiger partial charge >= 0.3 is 0 Å². The van der Waals surface area contributed by atoms with E-state index in [0.717, 1.165) is 17.7 Å². The molecular weight excluding hydrogens is 326 g/mol. The van der Waals surface area contributed by atoms with Crippen LogP contribution >= 0.6 is 11.6 Å². The zero-order chi connectivity index (χ0) is 16.8. The highest BCUT2D eigenvalue weighted by Gasteiger charge is 2.11. The maximum atomic E-state index is 9.31. The van der Waals surface area contributed by atoms with E-state index in [4.69, 9.17) is 11.6 Å². The molecule has 0 fully saturated rings. The lowest BCUT2D eigenvalue weighted by Crippen LogP contribution is -2.10. The van der Waals surface area contributed by atoms with E-state index in [1.807, 2.05) is 42.5 Å². The predicted molar refractivity (Wildman–Crippen MR) is 94.9 cm³/mol. The number of phenolic OH excluding ortho intramolecular Hbond substituents is 1. The van der Waals surface area contributed by atoms with Gasteiger partial charge in [0.25, 0.3) is 0 Å². The van der Waals surface area contributed by atoms with Gasteiger partial charge in [-0.1, -0.05) is 41.9 Å². The number of aromatic hydroxyl groups is 1. The first kappa shape index (κ1) is 16.0. The number of hydrogen-bond donors (Lipinski definition) is 3. The Kier molecular flexibility index (Phi) is 5.08. The molecule has 0 spiro atoms. The molecule has 2 aromatic carbocycles. The van der Waals surface area contributed by atoms with Gasteiger partial charge in [-0.2, -0.15) is 0 Å². The minimum Gasteiger partial charge on any atom is -0.508 e. The molecule has 0 radical (unpaired) electrons. The van der Waals surface area contributed by atoms with E-state index in [0.29, 0.717) is 18.1 Å². The molecule has 1 aromatic heterocycles. The number of para-hydroxylation sites is 1. The quantitative estimate of drug-likeness (QED) is 0.635. The first-order valence-corrected chi connectivity index (χ1v) is 7.83. The second-order valence-electron chi connectivity index (χ2n) is 5.14. The van der Waals surface area contributed by atoms with Crippen LogP contribution in [0.1, 0.15) is 5.56 Å². The molecule has 3 aromatic rings. The summed E-state index contributed by atoms with van der Waals surface area (Å²) in [5.74, 6) is 0.776. The fourth-order valence-electron chi connectivity index (χ4n) is 2.20. The number of halogens is 1. The SMILES string of the molecule is Oc1ccc(CCNc2c(Cl)nnnc2Nc2ccccc2)cc1. The zero-order valence-corrected chi connectivity index (χ0v) is 13.5. The van der Waals surface area contributed by atoms with E-state index in [2.05, 4.69) is 26.0 Å². The molecular formula is C17H16ClN5O. The second-order valence-corrected chi connectivity index (χ2v) is 5.50. The molecule has 0 aliphatic heterocycles. The molecule has 0 bridgehead atoms. The van der Waals surface area contributed by atoms with Gasteiger partial charge in [0.2, 0.25) is 0 Å². The number of benzene rings is 2. The highest BCUT2D eigenvalue weighted by molar-refractivity contribution is 6.32. The van der Waals surface area contributed by atoms with Gasteiger partial charge in [-0.15, -0.1) is 10.2 Å². The smallest absolute Gasteiger partial charge is 0.181 e. The monoisotopic (exact) mass is 341 g/mol. The minimum absolute atomic E-state index is 0.256. The first-order valence-electron chi connectivity index (χ1n) is 7.45. The van der Waals surface area contributed by atoms with E-state index in [-0.39, 0.29) is 10.9 Å². The Bertz CT molecular complexity index is 796. The topological polar surface area (TPSA) is 83.0 Å². The fourth-order valence-corrected chi connectivity index (χ4v) is 2.39. The first-order chi connectivity index (χ1) is 11.7. The number of aromatic nitrogens is 3. The zero-order valence-electron chi connectivity index (χ0n) is 12.8. The lowest BCUT2D eigenvalue weighted by atomic mass is 10.1. The van der Waals surface area contributed by atoms with E-state index in [9.17, 15) is 5.11 Å². The molecule has 0 aliphatic rings. The lowest BCUT2D eigenvalue weighted by molar-refractivity contribution is 0.475. The molecule has 0 unspecified atom stereocenters. The summed E-state index contributed by atoms with van der Waals surface area (Å²) in [6.07, 6.45) is 0.768. The van der Waals surface area contributed by atoms with Crippen LogP contribution in [0.4, 0.5) is 17.2 Å². The average Bonchev–Trinajstić information content (AvgIpc) is 2.60. The van der Waals surface area contributed by atoms with Crippen LogP contribution in [0.5, 0.6) is 5.75 Å². The van der Waals surface area contributed by atoms with Gasteiger partial charge < -0.3 is 15.7 Å². The van der Waals surface area contributed by atoms with Crippen LogP contribution in [0.25, 0.3) is 0 Å². The van der Waals surface area contributed by atoms with Crippen LogP contribution in [-0.2, 0) is 6.42 Å². The molecule has 0 amide bonds. The Morgan fingerprint density at radius 1 is 0.958 bits per heavy atom. The maximum absolute atomic E-state index is 9.31. The van der Waals surface area contributed by atoms with Crippen molar-refractivity contribution in [3.8, 4) is 5.75 Å². The lowest BCUT2D eigenvalue weighted by Gasteiger charge is -2.12. The largest absolute Gasteiger partial charge is 0.508 e. The summed E-state index contributed by atoms with van der Waals surface area (Å²) in [5, 5.41) is 27.4. The van der Waals surface area contributed by atoms with Crippen LogP contribution < -0.4 is 10.6 Å². The molecule has 24 heavy (non-hydrogen) atoms. The van der Waals surface area contributed by atoms with Crippen LogP contribution in [0, 0.1) is 0 Å². The van der Waals surface area contributed by atoms with Gasteiger partial charge in [-0.3, -0.25) is 0 Å². The Hall–Kier alpha value is -2.86. The molecule has 3 N–H and O–H groups in total. The Morgan fingerprint density at radius 3 is 2.46 bits per heavy atom. The Labute approximate surface area is 144 Å². The van der Waals surface area contributed by atoms with Crippen molar-refractivity contribution in [3.63, 3.8) is 0 Å². The predicted octanol–water partition coefficient (Wildman–Crippen LogP) is 3.63. The van der Waals surface area contributed by atoms with Crippen molar-refractivity contribution in [1.82, 2.24) is 15.4 Å². The number of phenols is 1. The van der Waals surface area contributed by atoms with Crippen molar-refractivity contribution >= 4 is 28.8 Å². The van der Waals surface area contributed by atoms with Gasteiger partial charge in [0.15, 0.2) is 11.0 Å². The number of hydrogen-bond acceptors (Lipinski definition) is 6. The van der Waals surface area contributed by atoms with Crippen LogP contribution in [0.2, 0.25) is 5.15 Å². The third kappa shape index (κ3) is 4.11. The van der Waals surface area contributed by atoms with Crippen molar-refractivity contribution in [1.29, 1.82) is 0 Å². The van der Waals surface area contributed by atoms with Gasteiger partial charge in [-0.25, -0.2) is 0 Å². The number of nitrogens with zero attached hydrogens (tertiary/aromatic N) is 3. The van der Waals surface area contributed by atoms with Crippen LogP contribution in [0.3, 0.4) is 0 Å². The molecule has 3 rings (SSSR count). The van der Waals surface area contributed by atoms with E-state index in [1.165, 1.54) is 0 Å². The van der Waals surface area contributed by atoms with E-state index < -0.39 is 0 Å². The number of nitrogens with one attached hydrogen (secondary N) is 2. The summed E-state index contributed by atoms with van der Waals surface area (Å²) in [6.45, 7) is 0.640. The molecule has 7 heteroatoms. The maximum Gasteiger partial charge on any atom is 0.181 e. The molecule has 1 heterocycles. The van der Waals surface area contributed by atoms with Crippen molar-refractivity contribution in [3.05, 3.63) is 65.3 Å². The van der Waals surface area contributed by atoms with Crippen molar-refractivity contribution in [2.24, 2.45) is 0 Å². The average molecular weight is 342 g/mol. The fraction of sp³-hybridized carbons (Fsp3) is 0.118. The highest BCUT2D eigenvalue weighted by Crippen LogP contribution is 2.27. The van der Waals surface area contributed by atoms with Gasteiger partial charge in [-0.05, 0) is 41.5 Å². The Balaban J connectivity index is 1.69. The molecule has 0 saturated heterocycles. The summed E-state index contributed by atoms with van der Waals surface area (Å²) < 4.78 is 0. The molecule has 122 valence electrons. The summed E-state index contributed by atoms with van der Waals surface area (Å²) in [4.78, 5) is 0. The van der Waals surface area contributed by atoms with Crippen molar-refractivity contribution in [2.45, 2.75) is 6.42 Å². The van der Waals surface area contributed by atoms with Gasteiger partial charge in [0.05, 0.1) is 0 Å². The minimum atomic E-state index is 0.256. The van der Waals surface area contributed by atoms with Crippen molar-refractivity contribution < 1.29 is 5.11 Å². The summed E-state index contributed by atoms with van der Waals surface area (Å²) in [6, 6.07) is 16.7. The molecule has 0 atom stereocenters. The third-order valence-corrected chi connectivity index (χ3v) is 3.67. The summed E-state index contributed by atoms with van der Waals surface area (Å²) in [5.41, 5.74) is 2.59. The van der Waals surface area contributed by atoms with E-state index in [1.54, 1.807) is 12.1 Å². The van der Waals surface area contributed by atoms with Gasteiger partial charge in [0.1, 0.15) is 11.4 Å². The van der Waals surface area contributed by atoms with Gasteiger partial charge in [0, 0.05) is 12.2 Å². The normalized spacial score (nSPS) is 10.4. The molecule has 0 aliphatic carbocycles. The van der Waals surface area contributed by atoms with Crippen LogP contribution in [-0.4, -0.2) is 27.1 Å².